The number of hydrogen-bond acceptors (Lipinski definition) is 0. The molecule has 0 aromatic rings. The van der Waals surface area contributed by atoms with E-state index < -0.39 is 20.0 Å². The Kier molecular flexibility index (Phi) is 2.58. The first-order chi connectivity index (χ1) is 4.93. The molecule has 0 aliphatic heterocycles. The zero-order chi connectivity index (χ0) is 8.65. The summed E-state index contributed by atoms with van der Waals surface area (Å²) in [4.78, 5) is 0. The summed E-state index contributed by atoms with van der Waals surface area (Å²) in [5.74, 6) is 0. The van der Waals surface area contributed by atoms with Gasteiger partial charge in [0.15, 0.2) is 0 Å². The van der Waals surface area contributed by atoms with Crippen molar-refractivity contribution in [2.24, 2.45) is 0 Å². The third-order valence-electron chi connectivity index (χ3n) is 2.46. The van der Waals surface area contributed by atoms with E-state index in [2.05, 4.69) is 34.0 Å². The van der Waals surface area contributed by atoms with Crippen molar-refractivity contribution < 1.29 is 20.0 Å². The Bertz CT molecular complexity index is 226. The predicted octanol–water partition coefficient (Wildman–Crippen LogP) is 3.91. The van der Waals surface area contributed by atoms with E-state index in [1.807, 2.05) is 0 Å². The van der Waals surface area contributed by atoms with Crippen LogP contribution in [0.5, 0.6) is 0 Å². The molecule has 0 nitrogen and oxygen atoms in total. The van der Waals surface area contributed by atoms with Gasteiger partial charge in [-0.15, -0.1) is 0 Å². The fourth-order valence-corrected chi connectivity index (χ4v) is 9.04. The van der Waals surface area contributed by atoms with E-state index in [1.54, 1.807) is 14.5 Å². The molecule has 0 saturated heterocycles. The van der Waals surface area contributed by atoms with Gasteiger partial charge in [-0.2, -0.15) is 0 Å². The molecule has 0 radical (unpaired) electrons. The second-order valence-corrected chi connectivity index (χ2v) is 22.6. The second-order valence-electron chi connectivity index (χ2n) is 4.48. The van der Waals surface area contributed by atoms with Crippen LogP contribution in [0.1, 0.15) is 20.3 Å². The van der Waals surface area contributed by atoms with E-state index in [0.717, 1.165) is 0 Å². The average Bonchev–Trinajstić information content (AvgIpc) is 2.11. The van der Waals surface area contributed by atoms with Crippen molar-refractivity contribution in [2.45, 2.75) is 34.3 Å². The van der Waals surface area contributed by atoms with Crippen molar-refractivity contribution in [1.82, 2.24) is 0 Å². The molecule has 0 amide bonds. The van der Waals surface area contributed by atoms with Gasteiger partial charge in [0, 0.05) is 0 Å². The van der Waals surface area contributed by atoms with E-state index in [0.29, 0.717) is 0 Å². The monoisotopic (exact) mass is 318 g/mol. The molecule has 1 rings (SSSR count). The van der Waals surface area contributed by atoms with Crippen LogP contribution in [-0.2, 0) is 20.0 Å². The topological polar surface area (TPSA) is 0 Å². The Morgan fingerprint density at radius 2 is 1.73 bits per heavy atom. The van der Waals surface area contributed by atoms with Crippen LogP contribution in [0.3, 0.4) is 0 Å². The third-order valence-corrected chi connectivity index (χ3v) is 10.4. The Balaban J connectivity index is 2.94. The van der Waals surface area contributed by atoms with E-state index in [4.69, 9.17) is 0 Å². The SMILES string of the molecule is CC1=C(C)[C]([Hf]([CH3])([CH3])[CH3])=CC1. The van der Waals surface area contributed by atoms with Gasteiger partial charge in [-0.05, 0) is 0 Å². The van der Waals surface area contributed by atoms with Gasteiger partial charge in [-0.25, -0.2) is 0 Å². The van der Waals surface area contributed by atoms with Crippen molar-refractivity contribution in [2.75, 3.05) is 0 Å². The number of allylic oxidation sites excluding steroid dienone is 4. The summed E-state index contributed by atoms with van der Waals surface area (Å²) >= 11 is -1.84. The van der Waals surface area contributed by atoms with Gasteiger partial charge in [-0.3, -0.25) is 0 Å². The van der Waals surface area contributed by atoms with Crippen LogP contribution >= 0.6 is 0 Å². The van der Waals surface area contributed by atoms with E-state index in [1.165, 1.54) is 6.42 Å². The van der Waals surface area contributed by atoms with Crippen LogP contribution < -0.4 is 0 Å². The van der Waals surface area contributed by atoms with Gasteiger partial charge in [0.25, 0.3) is 0 Å². The van der Waals surface area contributed by atoms with E-state index in [-0.39, 0.29) is 0 Å². The van der Waals surface area contributed by atoms with Gasteiger partial charge < -0.3 is 0 Å². The summed E-state index contributed by atoms with van der Waals surface area (Å²) in [7, 11) is 0. The normalized spacial score (nSPS) is 19.2. The molecule has 0 aromatic heterocycles. The first kappa shape index (κ1) is 9.44. The summed E-state index contributed by atoms with van der Waals surface area (Å²) in [5.41, 5.74) is 3.20. The van der Waals surface area contributed by atoms with E-state index >= 15 is 0 Å². The maximum absolute atomic E-state index is 2.50. The summed E-state index contributed by atoms with van der Waals surface area (Å²) in [6.45, 7) is 4.55. The zero-order valence-corrected chi connectivity index (χ0v) is 11.9. The third kappa shape index (κ3) is 1.93. The molecule has 0 fully saturated rings. The van der Waals surface area contributed by atoms with Gasteiger partial charge >= 0.3 is 74.8 Å². The first-order valence-electron chi connectivity index (χ1n) is 4.30. The predicted molar refractivity (Wildman–Crippen MR) is 48.7 cm³/mol. The second kappa shape index (κ2) is 3.01. The molecule has 0 atom stereocenters. The maximum atomic E-state index is 2.50. The molecule has 0 unspecified atom stereocenters. The summed E-state index contributed by atoms with van der Waals surface area (Å²) in [6, 6.07) is 0. The minimum absolute atomic E-state index is 1.22. The molecule has 62 valence electrons. The van der Waals surface area contributed by atoms with Crippen molar-refractivity contribution in [3.63, 3.8) is 0 Å². The number of hydrogen-bond donors (Lipinski definition) is 0. The molecule has 0 spiro atoms. The molecule has 0 aromatic carbocycles. The molecule has 0 saturated carbocycles. The van der Waals surface area contributed by atoms with Crippen LogP contribution in [0.2, 0.25) is 14.0 Å². The summed E-state index contributed by atoms with van der Waals surface area (Å²) in [6.07, 6.45) is 3.69. The number of rotatable bonds is 1. The molecular formula is C10H18Hf. The van der Waals surface area contributed by atoms with Gasteiger partial charge in [0.1, 0.15) is 0 Å². The Labute approximate surface area is 74.7 Å². The van der Waals surface area contributed by atoms with Crippen LogP contribution in [-0.4, -0.2) is 0 Å². The van der Waals surface area contributed by atoms with E-state index in [9.17, 15) is 0 Å². The quantitative estimate of drug-likeness (QED) is 0.643. The van der Waals surface area contributed by atoms with Crippen LogP contribution in [0.25, 0.3) is 0 Å². The van der Waals surface area contributed by atoms with Gasteiger partial charge in [0.2, 0.25) is 0 Å². The van der Waals surface area contributed by atoms with Gasteiger partial charge in [0.05, 0.1) is 0 Å². The van der Waals surface area contributed by atoms with Crippen molar-refractivity contribution >= 4 is 0 Å². The standard InChI is InChI=1S/C7H9.3CH3.Hf/c1-6-4-3-5-7(6)2;;;;/h3H,4H2,1-2H3;3*1H3;. The molecule has 1 aliphatic carbocycles. The summed E-state index contributed by atoms with van der Waals surface area (Å²) in [5, 5.41) is 0. The molecular weight excluding hydrogens is 299 g/mol. The van der Waals surface area contributed by atoms with Crippen molar-refractivity contribution in [1.29, 1.82) is 0 Å². The van der Waals surface area contributed by atoms with Crippen molar-refractivity contribution in [3.05, 3.63) is 20.6 Å². The minimum atomic E-state index is -1.84. The molecule has 0 bridgehead atoms. The van der Waals surface area contributed by atoms with Gasteiger partial charge in [-0.1, -0.05) is 0 Å². The Hall–Kier alpha value is 0.350. The van der Waals surface area contributed by atoms with Crippen LogP contribution in [0, 0.1) is 0 Å². The molecule has 0 heterocycles. The van der Waals surface area contributed by atoms with Crippen molar-refractivity contribution in [3.8, 4) is 0 Å². The summed E-state index contributed by atoms with van der Waals surface area (Å²) < 4.78 is 9.26. The average molecular weight is 317 g/mol. The van der Waals surface area contributed by atoms with Crippen LogP contribution in [0.4, 0.5) is 0 Å². The molecule has 11 heavy (non-hydrogen) atoms. The molecule has 0 N–H and O–H groups in total. The Morgan fingerprint density at radius 3 is 1.91 bits per heavy atom. The Morgan fingerprint density at radius 1 is 1.18 bits per heavy atom. The fraction of sp³-hybridized carbons (Fsp3) is 0.600. The first-order valence-corrected chi connectivity index (χ1v) is 16.9. The molecule has 1 aliphatic rings. The molecule has 1 heteroatoms. The fourth-order valence-electron chi connectivity index (χ4n) is 1.66. The zero-order valence-electron chi connectivity index (χ0n) is 8.28. The van der Waals surface area contributed by atoms with Crippen LogP contribution in [0.15, 0.2) is 20.6 Å².